The summed E-state index contributed by atoms with van der Waals surface area (Å²) in [6.07, 6.45) is -0.847. The fraction of sp³-hybridized carbons (Fsp3) is 0.605. The number of nitrogens with two attached hydrogens (primary N) is 3. The molecule has 2 saturated heterocycles. The van der Waals surface area contributed by atoms with Crippen LogP contribution in [-0.2, 0) is 52.7 Å². The summed E-state index contributed by atoms with van der Waals surface area (Å²) in [4.78, 5) is 147. The minimum atomic E-state index is -1.73. The number of likely N-dealkylation sites (tertiary alicyclic amines) is 1. The highest BCUT2D eigenvalue weighted by molar-refractivity contribution is 8.76. The maximum Gasteiger partial charge on any atom is 0.246 e. The van der Waals surface area contributed by atoms with Crippen LogP contribution in [-0.4, -0.2) is 136 Å². The van der Waals surface area contributed by atoms with Gasteiger partial charge in [0.15, 0.2) is 0 Å². The average Bonchev–Trinajstić information content (AvgIpc) is 3.77. The number of carbonyl (C=O) groups is 11. The molecular weight excluding hydrogens is 927 g/mol. The standard InChI is InChI=1S/C43H65N11O12S2/c1-5-23(4)37-42(65)49-26(12-13-32(44)56)39(62)50-29(18-33(45)57)40(63)52-30(21-68-67-16-14-35(59)48-27(19-36(60)53-37)24-8-10-25(55)11-9-24)43(66)54-15-6-7-31(54)41(64)51-28(17-22(2)3)38(61)47-20-34(46)58/h8-11,22-23,26-31,37,55H,5-7,12-21H2,1-4H3,(H2,44,56)(H2,45,57)(H2,46,58)(H,47,61)(H,48,59)(H,49,65)(H,50,62)(H,51,64)(H,52,63)(H,53,60)/t23?,26-,27-,28-,29-,30-,31-,37-/m0/s1. The molecule has 68 heavy (non-hydrogen) atoms. The minimum Gasteiger partial charge on any atom is -0.508 e. The Kier molecular flexibility index (Phi) is 22.9. The van der Waals surface area contributed by atoms with Crippen LogP contribution in [0.3, 0.4) is 0 Å². The van der Waals surface area contributed by atoms with E-state index in [0.717, 1.165) is 10.8 Å². The van der Waals surface area contributed by atoms with Crippen molar-refractivity contribution in [2.45, 2.75) is 128 Å². The molecule has 0 spiro atoms. The molecule has 0 aliphatic carbocycles. The Balaban J connectivity index is 2.02. The predicted molar refractivity (Wildman–Crippen MR) is 251 cm³/mol. The van der Waals surface area contributed by atoms with Crippen molar-refractivity contribution in [1.29, 1.82) is 0 Å². The highest BCUT2D eigenvalue weighted by Gasteiger charge is 2.40. The van der Waals surface area contributed by atoms with E-state index in [0.29, 0.717) is 18.4 Å². The summed E-state index contributed by atoms with van der Waals surface area (Å²) >= 11 is 0. The van der Waals surface area contributed by atoms with Crippen LogP contribution < -0.4 is 54.4 Å². The van der Waals surface area contributed by atoms with Crippen LogP contribution in [0, 0.1) is 11.8 Å². The molecule has 8 atom stereocenters. The van der Waals surface area contributed by atoms with Crippen molar-refractivity contribution in [2.75, 3.05) is 24.6 Å². The number of carbonyl (C=O) groups excluding carboxylic acids is 11. The number of phenolic OH excluding ortho intramolecular Hbond substituents is 1. The number of benzene rings is 1. The molecule has 2 fully saturated rings. The predicted octanol–water partition coefficient (Wildman–Crippen LogP) is -2.03. The number of nitrogens with one attached hydrogen (secondary N) is 7. The first-order chi connectivity index (χ1) is 32.1. The third-order valence-corrected chi connectivity index (χ3v) is 13.6. The molecule has 3 rings (SSSR count). The third-order valence-electron chi connectivity index (χ3n) is 11.1. The van der Waals surface area contributed by atoms with Crippen molar-refractivity contribution < 1.29 is 57.8 Å². The average molecular weight is 992 g/mol. The molecule has 0 aromatic heterocycles. The first-order valence-corrected chi connectivity index (χ1v) is 24.8. The van der Waals surface area contributed by atoms with Gasteiger partial charge in [-0.05, 0) is 55.2 Å². The third kappa shape index (κ3) is 18.5. The van der Waals surface area contributed by atoms with Gasteiger partial charge in [0.1, 0.15) is 42.0 Å². The van der Waals surface area contributed by atoms with E-state index in [9.17, 15) is 57.8 Å². The highest BCUT2D eigenvalue weighted by Crippen LogP contribution is 2.27. The van der Waals surface area contributed by atoms with Gasteiger partial charge in [0.25, 0.3) is 0 Å². The van der Waals surface area contributed by atoms with Crippen LogP contribution in [0.1, 0.15) is 97.1 Å². The summed E-state index contributed by atoms with van der Waals surface area (Å²) < 4.78 is 0. The number of rotatable bonds is 16. The lowest BCUT2D eigenvalue weighted by atomic mass is 9.96. The normalized spacial score (nSPS) is 23.5. The van der Waals surface area contributed by atoms with Gasteiger partial charge in [-0.15, -0.1) is 0 Å². The number of phenols is 1. The van der Waals surface area contributed by atoms with Crippen LogP contribution in [0.25, 0.3) is 0 Å². The number of primary amides is 3. The van der Waals surface area contributed by atoms with Gasteiger partial charge >= 0.3 is 0 Å². The molecule has 25 heteroatoms. The molecule has 0 bridgehead atoms. The van der Waals surface area contributed by atoms with Crippen molar-refractivity contribution in [3.8, 4) is 5.75 Å². The Morgan fingerprint density at radius 1 is 0.824 bits per heavy atom. The minimum absolute atomic E-state index is 0.0560. The molecule has 1 unspecified atom stereocenters. The van der Waals surface area contributed by atoms with Gasteiger partial charge in [0.05, 0.1) is 25.4 Å². The van der Waals surface area contributed by atoms with Crippen LogP contribution in [0.2, 0.25) is 0 Å². The zero-order valence-corrected chi connectivity index (χ0v) is 40.3. The Morgan fingerprint density at radius 3 is 2.10 bits per heavy atom. The lowest BCUT2D eigenvalue weighted by Gasteiger charge is -2.31. The lowest BCUT2D eigenvalue weighted by Crippen LogP contribution is -2.60. The number of hydrogen-bond donors (Lipinski definition) is 11. The molecule has 2 heterocycles. The number of amides is 11. The van der Waals surface area contributed by atoms with Crippen LogP contribution in [0.4, 0.5) is 0 Å². The molecule has 376 valence electrons. The molecule has 23 nitrogen and oxygen atoms in total. The first kappa shape index (κ1) is 56.2. The van der Waals surface area contributed by atoms with E-state index in [1.807, 2.05) is 13.8 Å². The van der Waals surface area contributed by atoms with Crippen molar-refractivity contribution >= 4 is 86.6 Å². The maximum absolute atomic E-state index is 14.5. The second-order valence-electron chi connectivity index (χ2n) is 17.1. The summed E-state index contributed by atoms with van der Waals surface area (Å²) in [5.41, 5.74) is 16.6. The molecule has 2 aliphatic heterocycles. The highest BCUT2D eigenvalue weighted by atomic mass is 33.1. The molecule has 1 aromatic rings. The van der Waals surface area contributed by atoms with Gasteiger partial charge in [-0.25, -0.2) is 0 Å². The fourth-order valence-electron chi connectivity index (χ4n) is 7.37. The SMILES string of the molecule is CCC(C)[C@@H]1NC(=O)C[C@@H](c2ccc(O)cc2)NC(=O)CCSSC[C@@H](C(=O)N2CCC[C@H]2C(=O)N[C@@H](CC(C)C)C(=O)NCC(N)=O)NC(=O)[C@H](CC(N)=O)NC(=O)[C@H](CCC(N)=O)NC1=O. The van der Waals surface area contributed by atoms with E-state index in [1.54, 1.807) is 13.8 Å². The summed E-state index contributed by atoms with van der Waals surface area (Å²) in [7, 11) is 2.26. The number of aromatic hydroxyl groups is 1. The largest absolute Gasteiger partial charge is 0.508 e. The van der Waals surface area contributed by atoms with Crippen molar-refractivity contribution in [3.63, 3.8) is 0 Å². The van der Waals surface area contributed by atoms with Crippen LogP contribution in [0.15, 0.2) is 24.3 Å². The van der Waals surface area contributed by atoms with Crippen molar-refractivity contribution in [3.05, 3.63) is 29.8 Å². The molecule has 0 radical (unpaired) electrons. The Labute approximate surface area is 402 Å². The van der Waals surface area contributed by atoms with Crippen molar-refractivity contribution in [1.82, 2.24) is 42.1 Å². The van der Waals surface area contributed by atoms with Crippen LogP contribution >= 0.6 is 21.6 Å². The molecule has 2 aliphatic rings. The fourth-order valence-corrected chi connectivity index (χ4v) is 9.52. The van der Waals surface area contributed by atoms with E-state index in [4.69, 9.17) is 17.2 Å². The molecule has 1 aromatic carbocycles. The Morgan fingerprint density at radius 2 is 1.49 bits per heavy atom. The van der Waals surface area contributed by atoms with E-state index in [-0.39, 0.29) is 61.8 Å². The molecule has 14 N–H and O–H groups in total. The number of nitrogens with zero attached hydrogens (tertiary/aromatic N) is 1. The van der Waals surface area contributed by atoms with Gasteiger partial charge in [-0.2, -0.15) is 0 Å². The van der Waals surface area contributed by atoms with E-state index >= 15 is 0 Å². The Bertz CT molecular complexity index is 2010. The maximum atomic E-state index is 14.5. The number of hydrogen-bond acceptors (Lipinski definition) is 14. The second kappa shape index (κ2) is 27.6. The first-order valence-electron chi connectivity index (χ1n) is 22.4. The molecule has 11 amide bonds. The smallest absolute Gasteiger partial charge is 0.246 e. The van der Waals surface area contributed by atoms with Gasteiger partial charge in [0, 0.05) is 30.9 Å². The lowest BCUT2D eigenvalue weighted by molar-refractivity contribution is -0.142. The van der Waals surface area contributed by atoms with Crippen LogP contribution in [0.5, 0.6) is 5.75 Å². The quantitative estimate of drug-likeness (QED) is 0.0797. The van der Waals surface area contributed by atoms with Gasteiger partial charge < -0.3 is 64.4 Å². The van der Waals surface area contributed by atoms with Gasteiger partial charge in [-0.3, -0.25) is 52.7 Å². The van der Waals surface area contributed by atoms with Gasteiger partial charge in [0.2, 0.25) is 65.0 Å². The monoisotopic (exact) mass is 991 g/mol. The molecule has 0 saturated carbocycles. The second-order valence-corrected chi connectivity index (χ2v) is 19.8. The van der Waals surface area contributed by atoms with E-state index in [1.165, 1.54) is 40.0 Å². The summed E-state index contributed by atoms with van der Waals surface area (Å²) in [5.74, 6) is -9.36. The topological polar surface area (TPSA) is 374 Å². The summed E-state index contributed by atoms with van der Waals surface area (Å²) in [5, 5.41) is 28.0. The zero-order valence-electron chi connectivity index (χ0n) is 38.6. The Hall–Kier alpha value is -6.11. The summed E-state index contributed by atoms with van der Waals surface area (Å²) in [6.45, 7) is 6.70. The van der Waals surface area contributed by atoms with E-state index < -0.39 is 133 Å². The molecular formula is C43H65N11O12S2. The zero-order chi connectivity index (χ0) is 50.7. The van der Waals surface area contributed by atoms with Crippen molar-refractivity contribution in [2.24, 2.45) is 29.0 Å². The van der Waals surface area contributed by atoms with E-state index in [2.05, 4.69) is 37.2 Å². The summed E-state index contributed by atoms with van der Waals surface area (Å²) in [6, 6.07) is -3.21. The van der Waals surface area contributed by atoms with Gasteiger partial charge in [-0.1, -0.05) is 67.8 Å².